The topological polar surface area (TPSA) is 72.8 Å². The molecule has 0 unspecified atom stereocenters. The van der Waals surface area contributed by atoms with Crippen LogP contribution in [-0.2, 0) is 5.88 Å². The van der Waals surface area contributed by atoms with E-state index in [1.54, 1.807) is 0 Å². The SMILES string of the molecule is ClCc1ccccc1.O=C(O)N1C[C@H](CNC2CC2)[C@@H](O)C1. The highest BCUT2D eigenvalue weighted by Crippen LogP contribution is 2.21. The van der Waals surface area contributed by atoms with E-state index in [0.29, 0.717) is 18.5 Å². The van der Waals surface area contributed by atoms with Crippen LogP contribution in [0.2, 0.25) is 0 Å². The summed E-state index contributed by atoms with van der Waals surface area (Å²) in [5, 5.41) is 21.6. The molecule has 0 aromatic heterocycles. The first-order valence-corrected chi connectivity index (χ1v) is 8.12. The highest BCUT2D eigenvalue weighted by Gasteiger charge is 2.34. The molecule has 6 heteroatoms. The Morgan fingerprint density at radius 2 is 1.95 bits per heavy atom. The molecule has 22 heavy (non-hydrogen) atoms. The molecule has 2 aliphatic rings. The van der Waals surface area contributed by atoms with Crippen molar-refractivity contribution in [2.75, 3.05) is 19.6 Å². The van der Waals surface area contributed by atoms with Gasteiger partial charge in [-0.2, -0.15) is 0 Å². The van der Waals surface area contributed by atoms with Gasteiger partial charge in [-0.05, 0) is 18.4 Å². The molecule has 5 nitrogen and oxygen atoms in total. The lowest BCUT2D eigenvalue weighted by atomic mass is 10.1. The third kappa shape index (κ3) is 5.48. The molecular weight excluding hydrogens is 304 g/mol. The Kier molecular flexibility index (Phi) is 6.49. The Morgan fingerprint density at radius 3 is 2.41 bits per heavy atom. The minimum absolute atomic E-state index is 0.0618. The molecule has 2 fully saturated rings. The van der Waals surface area contributed by atoms with Crippen molar-refractivity contribution in [3.8, 4) is 0 Å². The highest BCUT2D eigenvalue weighted by molar-refractivity contribution is 6.17. The number of carboxylic acid groups (broad SMARTS) is 1. The lowest BCUT2D eigenvalue weighted by molar-refractivity contribution is 0.131. The third-order valence-corrected chi connectivity index (χ3v) is 4.23. The Morgan fingerprint density at radius 1 is 1.27 bits per heavy atom. The molecule has 0 spiro atoms. The summed E-state index contributed by atoms with van der Waals surface area (Å²) in [6.45, 7) is 1.44. The van der Waals surface area contributed by atoms with Crippen molar-refractivity contribution in [3.63, 3.8) is 0 Å². The quantitative estimate of drug-likeness (QED) is 0.741. The van der Waals surface area contributed by atoms with Crippen LogP contribution in [0.25, 0.3) is 0 Å². The average molecular weight is 327 g/mol. The Hall–Kier alpha value is -1.30. The van der Waals surface area contributed by atoms with Crippen LogP contribution in [-0.4, -0.2) is 53.0 Å². The molecule has 2 atom stereocenters. The molecule has 0 bridgehead atoms. The fourth-order valence-corrected chi connectivity index (χ4v) is 2.56. The van der Waals surface area contributed by atoms with Gasteiger partial charge in [-0.3, -0.25) is 0 Å². The first-order valence-electron chi connectivity index (χ1n) is 7.59. The van der Waals surface area contributed by atoms with E-state index in [2.05, 4.69) is 5.32 Å². The van der Waals surface area contributed by atoms with E-state index >= 15 is 0 Å². The van der Waals surface area contributed by atoms with Gasteiger partial charge in [-0.25, -0.2) is 4.79 Å². The summed E-state index contributed by atoms with van der Waals surface area (Å²) in [4.78, 5) is 11.9. The first-order chi connectivity index (χ1) is 10.6. The molecule has 1 aliphatic heterocycles. The Labute approximate surface area is 135 Å². The zero-order valence-corrected chi connectivity index (χ0v) is 13.2. The van der Waals surface area contributed by atoms with Crippen molar-refractivity contribution in [2.45, 2.75) is 30.9 Å². The molecule has 1 saturated heterocycles. The van der Waals surface area contributed by atoms with Crippen molar-refractivity contribution in [3.05, 3.63) is 35.9 Å². The molecule has 1 aliphatic carbocycles. The minimum Gasteiger partial charge on any atom is -0.465 e. The van der Waals surface area contributed by atoms with E-state index in [9.17, 15) is 9.90 Å². The number of alkyl halides is 1. The second kappa shape index (κ2) is 8.36. The normalized spacial score (nSPS) is 23.8. The summed E-state index contributed by atoms with van der Waals surface area (Å²) in [6, 6.07) is 10.6. The first kappa shape index (κ1) is 17.1. The number of nitrogens with one attached hydrogen (secondary N) is 1. The number of aliphatic hydroxyl groups is 1. The maximum absolute atomic E-state index is 10.6. The van der Waals surface area contributed by atoms with Crippen LogP contribution >= 0.6 is 11.6 Å². The van der Waals surface area contributed by atoms with Crippen LogP contribution < -0.4 is 5.32 Å². The number of likely N-dealkylation sites (tertiary alicyclic amines) is 1. The molecule has 3 rings (SSSR count). The third-order valence-electron chi connectivity index (χ3n) is 3.92. The Bertz CT molecular complexity index is 468. The van der Waals surface area contributed by atoms with Gasteiger partial charge in [0.05, 0.1) is 12.6 Å². The average Bonchev–Trinajstić information content (AvgIpc) is 3.29. The van der Waals surface area contributed by atoms with Crippen molar-refractivity contribution in [1.82, 2.24) is 10.2 Å². The number of hydrogen-bond acceptors (Lipinski definition) is 3. The smallest absolute Gasteiger partial charge is 0.407 e. The van der Waals surface area contributed by atoms with Gasteiger partial charge >= 0.3 is 6.09 Å². The van der Waals surface area contributed by atoms with Gasteiger partial charge < -0.3 is 20.4 Å². The van der Waals surface area contributed by atoms with Gasteiger partial charge in [0.2, 0.25) is 0 Å². The number of β-amino-alcohol motifs (C(OH)–C–C–N with tert-alkyl or cyclic N) is 1. The monoisotopic (exact) mass is 326 g/mol. The van der Waals surface area contributed by atoms with Gasteiger partial charge in [0.1, 0.15) is 0 Å². The predicted molar refractivity (Wildman–Crippen MR) is 86.1 cm³/mol. The summed E-state index contributed by atoms with van der Waals surface area (Å²) in [5.74, 6) is 0.674. The van der Waals surface area contributed by atoms with Crippen molar-refractivity contribution < 1.29 is 15.0 Å². The predicted octanol–water partition coefficient (Wildman–Crippen LogP) is 2.13. The van der Waals surface area contributed by atoms with E-state index < -0.39 is 12.2 Å². The van der Waals surface area contributed by atoms with Crippen LogP contribution in [0.5, 0.6) is 0 Å². The van der Waals surface area contributed by atoms with Crippen molar-refractivity contribution in [1.29, 1.82) is 0 Å². The van der Waals surface area contributed by atoms with Crippen LogP contribution in [0, 0.1) is 5.92 Å². The van der Waals surface area contributed by atoms with E-state index in [1.807, 2.05) is 30.3 Å². The van der Waals surface area contributed by atoms with Crippen LogP contribution in [0.15, 0.2) is 30.3 Å². The maximum Gasteiger partial charge on any atom is 0.407 e. The van der Waals surface area contributed by atoms with Crippen LogP contribution in [0.1, 0.15) is 18.4 Å². The zero-order valence-electron chi connectivity index (χ0n) is 12.5. The molecular formula is C16H23ClN2O3. The number of aliphatic hydroxyl groups excluding tert-OH is 1. The lowest BCUT2D eigenvalue weighted by Crippen LogP contribution is -2.31. The van der Waals surface area contributed by atoms with Gasteiger partial charge in [0.25, 0.3) is 0 Å². The molecule has 0 radical (unpaired) electrons. The minimum atomic E-state index is -0.932. The number of hydrogen-bond donors (Lipinski definition) is 3. The molecule has 122 valence electrons. The second-order valence-corrected chi connectivity index (χ2v) is 6.08. The van der Waals surface area contributed by atoms with E-state index in [0.717, 1.165) is 6.54 Å². The molecule has 1 amide bonds. The fraction of sp³-hybridized carbons (Fsp3) is 0.562. The molecule has 1 aromatic carbocycles. The van der Waals surface area contributed by atoms with E-state index in [4.69, 9.17) is 16.7 Å². The number of halogens is 1. The molecule has 1 aromatic rings. The van der Waals surface area contributed by atoms with Crippen molar-refractivity contribution >= 4 is 17.7 Å². The lowest BCUT2D eigenvalue weighted by Gasteiger charge is -2.13. The zero-order chi connectivity index (χ0) is 15.9. The van der Waals surface area contributed by atoms with Gasteiger partial charge in [-0.1, -0.05) is 30.3 Å². The summed E-state index contributed by atoms with van der Waals surface area (Å²) in [6.07, 6.45) is 0.993. The van der Waals surface area contributed by atoms with Gasteiger partial charge in [0, 0.05) is 30.9 Å². The molecule has 3 N–H and O–H groups in total. The number of amides is 1. The maximum atomic E-state index is 10.6. The fourth-order valence-electron chi connectivity index (χ4n) is 2.38. The molecule has 1 saturated carbocycles. The second-order valence-electron chi connectivity index (χ2n) is 5.82. The molecule has 1 heterocycles. The van der Waals surface area contributed by atoms with Crippen LogP contribution in [0.3, 0.4) is 0 Å². The summed E-state index contributed by atoms with van der Waals surface area (Å²) in [5.41, 5.74) is 1.18. The number of carbonyl (C=O) groups is 1. The van der Waals surface area contributed by atoms with Gasteiger partial charge in [0.15, 0.2) is 0 Å². The number of benzene rings is 1. The Balaban J connectivity index is 0.000000188. The highest BCUT2D eigenvalue weighted by atomic mass is 35.5. The standard InChI is InChI=1S/C9H16N2O3.C7H7Cl/c12-8-5-11(9(13)14)4-6(8)3-10-7-1-2-7;8-6-7-4-2-1-3-5-7/h6-8,10,12H,1-5H2,(H,13,14);1-5H,6H2/t6-,8-;/m0./s1. The van der Waals surface area contributed by atoms with E-state index in [-0.39, 0.29) is 12.5 Å². The number of rotatable bonds is 4. The largest absolute Gasteiger partial charge is 0.465 e. The summed E-state index contributed by atoms with van der Waals surface area (Å²) >= 11 is 5.53. The number of nitrogens with zero attached hydrogens (tertiary/aromatic N) is 1. The summed E-state index contributed by atoms with van der Waals surface area (Å²) in [7, 11) is 0. The van der Waals surface area contributed by atoms with Gasteiger partial charge in [-0.15, -0.1) is 11.6 Å². The van der Waals surface area contributed by atoms with E-state index in [1.165, 1.54) is 23.3 Å². The van der Waals surface area contributed by atoms with Crippen LogP contribution in [0.4, 0.5) is 4.79 Å². The van der Waals surface area contributed by atoms with Crippen molar-refractivity contribution in [2.24, 2.45) is 5.92 Å². The summed E-state index contributed by atoms with van der Waals surface area (Å²) < 4.78 is 0.